The van der Waals surface area contributed by atoms with Crippen molar-refractivity contribution in [3.8, 4) is 0 Å². The van der Waals surface area contributed by atoms with Gasteiger partial charge in [0.05, 0.1) is 18.8 Å². The zero-order valence-electron chi connectivity index (χ0n) is 13.7. The van der Waals surface area contributed by atoms with Gasteiger partial charge in [-0.25, -0.2) is 0 Å². The molecule has 0 radical (unpaired) electrons. The van der Waals surface area contributed by atoms with E-state index >= 15 is 0 Å². The van der Waals surface area contributed by atoms with Crippen LogP contribution in [0.25, 0.3) is 0 Å². The molecule has 3 rings (SSSR count). The number of ether oxygens (including phenoxy) is 1. The average Bonchev–Trinajstić information content (AvgIpc) is 2.67. The van der Waals surface area contributed by atoms with Crippen LogP contribution < -0.4 is 0 Å². The van der Waals surface area contributed by atoms with E-state index in [9.17, 15) is 5.11 Å². The molecular formula is C19H27NO2. The Bertz CT molecular complexity index is 542. The second kappa shape index (κ2) is 6.53. The number of benzene rings is 1. The summed E-state index contributed by atoms with van der Waals surface area (Å²) in [4.78, 5) is 2.47. The number of hydrogen-bond acceptors (Lipinski definition) is 3. The molecule has 3 nitrogen and oxygen atoms in total. The van der Waals surface area contributed by atoms with Crippen LogP contribution in [0.5, 0.6) is 0 Å². The first-order chi connectivity index (χ1) is 10.6. The van der Waals surface area contributed by atoms with Gasteiger partial charge >= 0.3 is 0 Å². The summed E-state index contributed by atoms with van der Waals surface area (Å²) in [6.45, 7) is 7.85. The first kappa shape index (κ1) is 15.7. The number of hydrogen-bond donors (Lipinski definition) is 1. The lowest BCUT2D eigenvalue weighted by molar-refractivity contribution is -0.0132. The number of aliphatic hydroxyl groups is 1. The SMILES string of the molecule is C=C(C)[C@@H]1CCCN2[C@H](COC)c3ccccc3C[C@H]2[C@H]1O. The highest BCUT2D eigenvalue weighted by Crippen LogP contribution is 2.39. The molecule has 0 bridgehead atoms. The van der Waals surface area contributed by atoms with Gasteiger partial charge in [0.1, 0.15) is 0 Å². The van der Waals surface area contributed by atoms with E-state index in [0.29, 0.717) is 6.61 Å². The van der Waals surface area contributed by atoms with Gasteiger partial charge in [0.15, 0.2) is 0 Å². The molecule has 0 aromatic heterocycles. The summed E-state index contributed by atoms with van der Waals surface area (Å²) >= 11 is 0. The van der Waals surface area contributed by atoms with E-state index in [1.165, 1.54) is 11.1 Å². The molecule has 4 atom stereocenters. The van der Waals surface area contributed by atoms with Gasteiger partial charge in [0, 0.05) is 19.1 Å². The van der Waals surface area contributed by atoms with Crippen LogP contribution in [0.3, 0.4) is 0 Å². The van der Waals surface area contributed by atoms with Gasteiger partial charge in [-0.05, 0) is 43.9 Å². The quantitative estimate of drug-likeness (QED) is 0.871. The number of fused-ring (bicyclic) bond motifs is 2. The maximum absolute atomic E-state index is 11.0. The summed E-state index contributed by atoms with van der Waals surface area (Å²) in [6.07, 6.45) is 2.71. The summed E-state index contributed by atoms with van der Waals surface area (Å²) in [5, 5.41) is 11.0. The second-order valence-electron chi connectivity index (χ2n) is 6.76. The third-order valence-electron chi connectivity index (χ3n) is 5.36. The lowest BCUT2D eigenvalue weighted by Gasteiger charge is -2.44. The Balaban J connectivity index is 1.98. The van der Waals surface area contributed by atoms with Crippen LogP contribution >= 0.6 is 0 Å². The van der Waals surface area contributed by atoms with Crippen molar-refractivity contribution >= 4 is 0 Å². The fourth-order valence-electron chi connectivity index (χ4n) is 4.25. The van der Waals surface area contributed by atoms with Gasteiger partial charge in [-0.1, -0.05) is 36.4 Å². The first-order valence-corrected chi connectivity index (χ1v) is 8.29. The molecule has 0 saturated carbocycles. The van der Waals surface area contributed by atoms with Crippen LogP contribution in [0.15, 0.2) is 36.4 Å². The summed E-state index contributed by atoms with van der Waals surface area (Å²) in [6, 6.07) is 9.02. The van der Waals surface area contributed by atoms with E-state index in [4.69, 9.17) is 4.74 Å². The predicted molar refractivity (Wildman–Crippen MR) is 88.8 cm³/mol. The second-order valence-corrected chi connectivity index (χ2v) is 6.76. The van der Waals surface area contributed by atoms with Gasteiger partial charge in [0.25, 0.3) is 0 Å². The monoisotopic (exact) mass is 301 g/mol. The Hall–Kier alpha value is -1.16. The highest BCUT2D eigenvalue weighted by molar-refractivity contribution is 5.34. The molecular weight excluding hydrogens is 274 g/mol. The van der Waals surface area contributed by atoms with Crippen LogP contribution in [0.1, 0.15) is 36.9 Å². The average molecular weight is 301 g/mol. The minimum Gasteiger partial charge on any atom is -0.391 e. The topological polar surface area (TPSA) is 32.7 Å². The standard InChI is InChI=1S/C19H27NO2/c1-13(2)15-9-6-10-20-17(19(15)21)11-14-7-4-5-8-16(14)18(20)12-22-3/h4-5,7-8,15,17-19,21H,1,6,9-12H2,2-3H3/t15-,17-,18+,19-/m0/s1. The van der Waals surface area contributed by atoms with E-state index < -0.39 is 0 Å². The molecule has 1 aromatic carbocycles. The van der Waals surface area contributed by atoms with Crippen molar-refractivity contribution in [1.29, 1.82) is 0 Å². The van der Waals surface area contributed by atoms with Crippen molar-refractivity contribution in [3.63, 3.8) is 0 Å². The van der Waals surface area contributed by atoms with E-state index in [1.807, 2.05) is 6.92 Å². The Morgan fingerprint density at radius 2 is 2.18 bits per heavy atom. The molecule has 1 saturated heterocycles. The molecule has 1 N–H and O–H groups in total. The molecule has 120 valence electrons. The minimum absolute atomic E-state index is 0.166. The lowest BCUT2D eigenvalue weighted by Crippen LogP contribution is -2.51. The van der Waals surface area contributed by atoms with Gasteiger partial charge in [-0.2, -0.15) is 0 Å². The van der Waals surface area contributed by atoms with Crippen LogP contribution in [0.4, 0.5) is 0 Å². The smallest absolute Gasteiger partial charge is 0.0763 e. The predicted octanol–water partition coefficient (Wildman–Crippen LogP) is 2.95. The molecule has 0 unspecified atom stereocenters. The first-order valence-electron chi connectivity index (χ1n) is 8.29. The number of rotatable bonds is 3. The molecule has 0 amide bonds. The Morgan fingerprint density at radius 1 is 1.41 bits per heavy atom. The van der Waals surface area contributed by atoms with Crippen molar-refractivity contribution in [1.82, 2.24) is 4.90 Å². The van der Waals surface area contributed by atoms with Crippen molar-refractivity contribution in [2.75, 3.05) is 20.3 Å². The molecule has 1 aromatic rings. The molecule has 3 heteroatoms. The minimum atomic E-state index is -0.340. The fourth-order valence-corrected chi connectivity index (χ4v) is 4.25. The van der Waals surface area contributed by atoms with E-state index in [2.05, 4.69) is 35.7 Å². The zero-order valence-corrected chi connectivity index (χ0v) is 13.7. The highest BCUT2D eigenvalue weighted by Gasteiger charge is 2.41. The maximum Gasteiger partial charge on any atom is 0.0763 e. The maximum atomic E-state index is 11.0. The summed E-state index contributed by atoms with van der Waals surface area (Å²) in [5.41, 5.74) is 3.82. The Labute approximate surface area is 133 Å². The molecule has 2 aliphatic rings. The third-order valence-corrected chi connectivity index (χ3v) is 5.36. The molecule has 22 heavy (non-hydrogen) atoms. The van der Waals surface area contributed by atoms with Gasteiger partial charge < -0.3 is 9.84 Å². The van der Waals surface area contributed by atoms with E-state index in [-0.39, 0.29) is 24.1 Å². The van der Waals surface area contributed by atoms with E-state index in [0.717, 1.165) is 31.4 Å². The Kier molecular flexibility index (Phi) is 4.67. The van der Waals surface area contributed by atoms with Crippen molar-refractivity contribution in [2.24, 2.45) is 5.92 Å². The molecule has 2 heterocycles. The third kappa shape index (κ3) is 2.73. The van der Waals surface area contributed by atoms with Gasteiger partial charge in [-0.15, -0.1) is 0 Å². The lowest BCUT2D eigenvalue weighted by atomic mass is 9.81. The number of aliphatic hydroxyl groups excluding tert-OH is 1. The number of methoxy groups -OCH3 is 1. The van der Waals surface area contributed by atoms with Crippen molar-refractivity contribution in [3.05, 3.63) is 47.5 Å². The van der Waals surface area contributed by atoms with Crippen LogP contribution in [-0.2, 0) is 11.2 Å². The van der Waals surface area contributed by atoms with Gasteiger partial charge in [0.2, 0.25) is 0 Å². The van der Waals surface area contributed by atoms with Crippen LogP contribution in [0.2, 0.25) is 0 Å². The Morgan fingerprint density at radius 3 is 2.91 bits per heavy atom. The summed E-state index contributed by atoms with van der Waals surface area (Å²) in [5.74, 6) is 0.212. The van der Waals surface area contributed by atoms with Gasteiger partial charge in [-0.3, -0.25) is 4.90 Å². The molecule has 2 aliphatic heterocycles. The fraction of sp³-hybridized carbons (Fsp3) is 0.579. The molecule has 0 spiro atoms. The highest BCUT2D eigenvalue weighted by atomic mass is 16.5. The normalized spacial score (nSPS) is 32.0. The zero-order chi connectivity index (χ0) is 15.7. The van der Waals surface area contributed by atoms with Crippen molar-refractivity contribution < 1.29 is 9.84 Å². The molecule has 1 fully saturated rings. The molecule has 0 aliphatic carbocycles. The van der Waals surface area contributed by atoms with E-state index in [1.54, 1.807) is 7.11 Å². The van der Waals surface area contributed by atoms with Crippen molar-refractivity contribution in [2.45, 2.75) is 44.4 Å². The number of nitrogens with zero attached hydrogens (tertiary/aromatic N) is 1. The summed E-state index contributed by atoms with van der Waals surface area (Å²) in [7, 11) is 1.76. The summed E-state index contributed by atoms with van der Waals surface area (Å²) < 4.78 is 5.50. The van der Waals surface area contributed by atoms with Crippen LogP contribution in [-0.4, -0.2) is 42.4 Å². The largest absolute Gasteiger partial charge is 0.391 e. The van der Waals surface area contributed by atoms with Crippen LogP contribution in [0, 0.1) is 5.92 Å².